The molecule has 15 heavy (non-hydrogen) atoms. The van der Waals surface area contributed by atoms with Crippen molar-refractivity contribution in [1.29, 1.82) is 5.26 Å². The molecule has 0 fully saturated rings. The van der Waals surface area contributed by atoms with Crippen LogP contribution >= 0.6 is 0 Å². The molecule has 1 heterocycles. The lowest BCUT2D eigenvalue weighted by Crippen LogP contribution is -1.84. The Hall–Kier alpha value is -2.08. The van der Waals surface area contributed by atoms with Gasteiger partial charge < -0.3 is 0 Å². The van der Waals surface area contributed by atoms with Crippen molar-refractivity contribution in [1.82, 2.24) is 10.2 Å². The summed E-state index contributed by atoms with van der Waals surface area (Å²) in [7, 11) is 0. The van der Waals surface area contributed by atoms with Crippen molar-refractivity contribution in [2.75, 3.05) is 0 Å². The first-order chi connectivity index (χ1) is 7.31. The first kappa shape index (κ1) is 9.47. The molecule has 0 bridgehead atoms. The van der Waals surface area contributed by atoms with Crippen LogP contribution in [0.25, 0.3) is 11.1 Å². The van der Waals surface area contributed by atoms with E-state index in [0.29, 0.717) is 6.42 Å². The van der Waals surface area contributed by atoms with E-state index in [1.54, 1.807) is 0 Å². The van der Waals surface area contributed by atoms with E-state index in [4.69, 9.17) is 5.26 Å². The number of nitrogens with zero attached hydrogens (tertiary/aromatic N) is 2. The van der Waals surface area contributed by atoms with Crippen LogP contribution in [0.5, 0.6) is 0 Å². The minimum atomic E-state index is 0.418. The van der Waals surface area contributed by atoms with E-state index in [9.17, 15) is 0 Å². The van der Waals surface area contributed by atoms with Crippen molar-refractivity contribution < 1.29 is 0 Å². The minimum Gasteiger partial charge on any atom is -0.285 e. The molecule has 73 valence electrons. The van der Waals surface area contributed by atoms with Crippen LogP contribution in [0.15, 0.2) is 24.4 Å². The van der Waals surface area contributed by atoms with Crippen LogP contribution in [0.1, 0.15) is 11.3 Å². The Morgan fingerprint density at radius 1 is 1.53 bits per heavy atom. The number of rotatable bonds is 2. The van der Waals surface area contributed by atoms with Crippen LogP contribution in [0.2, 0.25) is 0 Å². The maximum Gasteiger partial charge on any atom is 0.0669 e. The minimum absolute atomic E-state index is 0.418. The third-order valence-electron chi connectivity index (χ3n) is 2.27. The summed E-state index contributed by atoms with van der Waals surface area (Å²) in [6, 6.07) is 10.9. The van der Waals surface area contributed by atoms with Crippen LogP contribution in [0.4, 0.5) is 0 Å². The summed E-state index contributed by atoms with van der Waals surface area (Å²) in [5.41, 5.74) is 4.05. The van der Waals surface area contributed by atoms with Gasteiger partial charge in [0.2, 0.25) is 0 Å². The molecule has 0 saturated carbocycles. The van der Waals surface area contributed by atoms with Gasteiger partial charge in [-0.15, -0.1) is 0 Å². The fourth-order valence-corrected chi connectivity index (χ4v) is 1.52. The lowest BCUT2D eigenvalue weighted by atomic mass is 10.0. The molecule has 3 nitrogen and oxygen atoms in total. The van der Waals surface area contributed by atoms with Crippen LogP contribution in [-0.4, -0.2) is 10.2 Å². The zero-order valence-electron chi connectivity index (χ0n) is 8.41. The quantitative estimate of drug-likeness (QED) is 0.800. The van der Waals surface area contributed by atoms with Gasteiger partial charge in [-0.25, -0.2) is 0 Å². The molecular formula is C12H10N3. The van der Waals surface area contributed by atoms with Gasteiger partial charge in [0.1, 0.15) is 0 Å². The van der Waals surface area contributed by atoms with E-state index in [1.807, 2.05) is 31.3 Å². The Kier molecular flexibility index (Phi) is 2.51. The summed E-state index contributed by atoms with van der Waals surface area (Å²) in [6.07, 6.45) is 2.27. The smallest absolute Gasteiger partial charge is 0.0669 e. The molecule has 0 saturated heterocycles. The highest BCUT2D eigenvalue weighted by molar-refractivity contribution is 5.65. The van der Waals surface area contributed by atoms with Crippen LogP contribution < -0.4 is 0 Å². The van der Waals surface area contributed by atoms with Gasteiger partial charge in [-0.2, -0.15) is 10.4 Å². The molecule has 0 atom stereocenters. The third kappa shape index (κ3) is 1.89. The molecule has 1 aromatic heterocycles. The average Bonchev–Trinajstić information content (AvgIpc) is 2.65. The molecule has 1 N–H and O–H groups in total. The summed E-state index contributed by atoms with van der Waals surface area (Å²) in [6.45, 7) is 1.95. The lowest BCUT2D eigenvalue weighted by Gasteiger charge is -2.00. The summed E-state index contributed by atoms with van der Waals surface area (Å²) < 4.78 is 0. The summed E-state index contributed by atoms with van der Waals surface area (Å²) in [4.78, 5) is 0. The number of benzene rings is 1. The third-order valence-corrected chi connectivity index (χ3v) is 2.27. The van der Waals surface area contributed by atoms with Gasteiger partial charge in [0.25, 0.3) is 0 Å². The van der Waals surface area contributed by atoms with Gasteiger partial charge >= 0.3 is 0 Å². The van der Waals surface area contributed by atoms with Crippen LogP contribution in [0, 0.1) is 24.3 Å². The molecule has 2 rings (SSSR count). The van der Waals surface area contributed by atoms with Gasteiger partial charge in [-0.1, -0.05) is 6.07 Å². The van der Waals surface area contributed by atoms with E-state index < -0.39 is 0 Å². The number of aromatic nitrogens is 2. The van der Waals surface area contributed by atoms with Gasteiger partial charge in [-0.3, -0.25) is 5.10 Å². The van der Waals surface area contributed by atoms with Gasteiger partial charge in [0.15, 0.2) is 0 Å². The van der Waals surface area contributed by atoms with E-state index in [1.165, 1.54) is 0 Å². The van der Waals surface area contributed by atoms with Gasteiger partial charge in [-0.05, 0) is 36.2 Å². The molecule has 0 aliphatic carbocycles. The largest absolute Gasteiger partial charge is 0.285 e. The number of aromatic amines is 1. The van der Waals surface area contributed by atoms with Gasteiger partial charge in [0, 0.05) is 11.8 Å². The van der Waals surface area contributed by atoms with Gasteiger partial charge in [0.05, 0.1) is 18.2 Å². The topological polar surface area (TPSA) is 52.5 Å². The Bertz CT molecular complexity index is 506. The number of hydrogen-bond donors (Lipinski definition) is 1. The Labute approximate surface area is 88.4 Å². The van der Waals surface area contributed by atoms with Crippen molar-refractivity contribution in [2.45, 2.75) is 13.3 Å². The molecule has 0 aliphatic heterocycles. The zero-order valence-corrected chi connectivity index (χ0v) is 8.41. The normalized spacial score (nSPS) is 9.87. The Morgan fingerprint density at radius 3 is 3.07 bits per heavy atom. The van der Waals surface area contributed by atoms with E-state index in [0.717, 1.165) is 22.4 Å². The van der Waals surface area contributed by atoms with Crippen LogP contribution in [-0.2, 0) is 6.42 Å². The maximum atomic E-state index is 8.61. The highest BCUT2D eigenvalue weighted by Crippen LogP contribution is 2.22. The lowest BCUT2D eigenvalue weighted by molar-refractivity contribution is 1.05. The molecular weight excluding hydrogens is 186 g/mol. The van der Waals surface area contributed by atoms with E-state index in [-0.39, 0.29) is 0 Å². The SMILES string of the molecule is Cc1n[nH]cc1-c1c[c]cc(CC#N)c1. The highest BCUT2D eigenvalue weighted by atomic mass is 15.1. The molecule has 1 radical (unpaired) electrons. The van der Waals surface area contributed by atoms with Crippen molar-refractivity contribution in [3.05, 3.63) is 41.7 Å². The average molecular weight is 196 g/mol. The summed E-state index contributed by atoms with van der Waals surface area (Å²) >= 11 is 0. The van der Waals surface area contributed by atoms with E-state index >= 15 is 0 Å². The van der Waals surface area contributed by atoms with E-state index in [2.05, 4.69) is 22.3 Å². The summed E-state index contributed by atoms with van der Waals surface area (Å²) in [5, 5.41) is 15.5. The predicted molar refractivity (Wildman–Crippen MR) is 56.9 cm³/mol. The number of nitrogens with one attached hydrogen (secondary N) is 1. The second-order valence-corrected chi connectivity index (χ2v) is 3.35. The molecule has 3 heteroatoms. The Balaban J connectivity index is 2.42. The van der Waals surface area contributed by atoms with Crippen molar-refractivity contribution in [3.8, 4) is 17.2 Å². The van der Waals surface area contributed by atoms with Crippen LogP contribution in [0.3, 0.4) is 0 Å². The number of aryl methyl sites for hydroxylation is 1. The standard InChI is InChI=1S/C12H10N3/c1-9-12(8-14-15-9)11-4-2-3-10(7-11)5-6-13/h3-4,7-8H,5H2,1H3,(H,14,15). The second kappa shape index (κ2) is 3.97. The fourth-order valence-electron chi connectivity index (χ4n) is 1.52. The molecule has 2 aromatic rings. The number of H-pyrrole nitrogens is 1. The summed E-state index contributed by atoms with van der Waals surface area (Å²) in [5.74, 6) is 0. The molecule has 0 unspecified atom stereocenters. The predicted octanol–water partition coefficient (Wildman–Crippen LogP) is 2.25. The van der Waals surface area contributed by atoms with Crippen molar-refractivity contribution in [2.24, 2.45) is 0 Å². The first-order valence-electron chi connectivity index (χ1n) is 4.69. The van der Waals surface area contributed by atoms with Crippen molar-refractivity contribution >= 4 is 0 Å². The number of hydrogen-bond acceptors (Lipinski definition) is 2. The fraction of sp³-hybridized carbons (Fsp3) is 0.167. The first-order valence-corrected chi connectivity index (χ1v) is 4.69. The Morgan fingerprint density at radius 2 is 2.40 bits per heavy atom. The number of nitriles is 1. The molecule has 0 amide bonds. The zero-order chi connectivity index (χ0) is 10.7. The maximum absolute atomic E-state index is 8.61. The molecule has 0 spiro atoms. The molecule has 1 aromatic carbocycles. The highest BCUT2D eigenvalue weighted by Gasteiger charge is 2.04. The molecule has 0 aliphatic rings. The van der Waals surface area contributed by atoms with Crippen molar-refractivity contribution in [3.63, 3.8) is 0 Å². The second-order valence-electron chi connectivity index (χ2n) is 3.35. The monoisotopic (exact) mass is 196 g/mol.